The van der Waals surface area contributed by atoms with Crippen LogP contribution in [0.2, 0.25) is 0 Å². The normalized spacial score (nSPS) is 14.7. The minimum absolute atomic E-state index is 0.325. The van der Waals surface area contributed by atoms with Gasteiger partial charge in [0.2, 0.25) is 0 Å². The Balaban J connectivity index is 2.38. The van der Waals surface area contributed by atoms with E-state index < -0.39 is 0 Å². The van der Waals surface area contributed by atoms with Crippen molar-refractivity contribution in [1.82, 2.24) is 3.93 Å². The number of amidine groups is 2. The molecule has 0 atom stereocenters. The van der Waals surface area contributed by atoms with E-state index in [0.717, 1.165) is 21.9 Å². The number of rotatable bonds is 0. The van der Waals surface area contributed by atoms with Crippen LogP contribution in [0.25, 0.3) is 10.8 Å². The Kier molecular flexibility index (Phi) is 1.88. The number of nitrogens with zero attached hydrogens (tertiary/aromatic N) is 1. The van der Waals surface area contributed by atoms with E-state index >= 15 is 0 Å². The van der Waals surface area contributed by atoms with E-state index in [9.17, 15) is 0 Å². The number of halogens is 1. The molecular formula is C12H8BrN3. The van der Waals surface area contributed by atoms with Crippen LogP contribution in [0.5, 0.6) is 0 Å². The highest BCUT2D eigenvalue weighted by atomic mass is 79.9. The van der Waals surface area contributed by atoms with Gasteiger partial charge in [0.25, 0.3) is 0 Å². The third kappa shape index (κ3) is 1.13. The van der Waals surface area contributed by atoms with Crippen LogP contribution < -0.4 is 0 Å². The summed E-state index contributed by atoms with van der Waals surface area (Å²) in [6, 6.07) is 11.9. The first-order chi connectivity index (χ1) is 7.68. The van der Waals surface area contributed by atoms with Gasteiger partial charge in [-0.25, -0.2) is 3.93 Å². The molecule has 0 fully saturated rings. The summed E-state index contributed by atoms with van der Waals surface area (Å²) in [6.07, 6.45) is 0. The molecule has 1 heterocycles. The predicted octanol–water partition coefficient (Wildman–Crippen LogP) is 3.12. The highest BCUT2D eigenvalue weighted by Crippen LogP contribution is 2.29. The average molecular weight is 274 g/mol. The van der Waals surface area contributed by atoms with Gasteiger partial charge in [0.15, 0.2) is 0 Å². The molecule has 0 amide bonds. The molecule has 3 rings (SSSR count). The Morgan fingerprint density at radius 1 is 0.875 bits per heavy atom. The van der Waals surface area contributed by atoms with Gasteiger partial charge in [0, 0.05) is 11.1 Å². The molecule has 3 nitrogen and oxygen atoms in total. The molecule has 0 saturated heterocycles. The van der Waals surface area contributed by atoms with Crippen LogP contribution in [0, 0.1) is 10.8 Å². The molecule has 2 N–H and O–H groups in total. The van der Waals surface area contributed by atoms with Crippen LogP contribution in [-0.4, -0.2) is 15.6 Å². The van der Waals surface area contributed by atoms with Crippen LogP contribution >= 0.6 is 16.1 Å². The molecule has 2 aromatic carbocycles. The van der Waals surface area contributed by atoms with Crippen molar-refractivity contribution in [2.24, 2.45) is 0 Å². The standard InChI is InChI=1S/C12H8BrN3/c13-16-11(14)9-5-7-3-1-2-4-8(7)6-10(9)12(16)15/h1-6,14-15H. The van der Waals surface area contributed by atoms with E-state index in [0.29, 0.717) is 11.7 Å². The van der Waals surface area contributed by atoms with Crippen LogP contribution in [0.3, 0.4) is 0 Å². The Hall–Kier alpha value is -1.68. The van der Waals surface area contributed by atoms with E-state index in [1.807, 2.05) is 36.4 Å². The molecule has 0 bridgehead atoms. The van der Waals surface area contributed by atoms with Crippen molar-refractivity contribution in [2.45, 2.75) is 0 Å². The van der Waals surface area contributed by atoms with Gasteiger partial charge in [0.05, 0.1) is 16.1 Å². The Bertz CT molecular complexity index is 579. The van der Waals surface area contributed by atoms with E-state index in [-0.39, 0.29) is 0 Å². The fraction of sp³-hybridized carbons (Fsp3) is 0. The third-order valence-electron chi connectivity index (χ3n) is 2.79. The lowest BCUT2D eigenvalue weighted by atomic mass is 10.0. The van der Waals surface area contributed by atoms with Crippen LogP contribution in [0.15, 0.2) is 36.4 Å². The number of fused-ring (bicyclic) bond motifs is 2. The highest BCUT2D eigenvalue weighted by Gasteiger charge is 2.28. The minimum Gasteiger partial charge on any atom is -0.283 e. The monoisotopic (exact) mass is 273 g/mol. The van der Waals surface area contributed by atoms with E-state index in [1.165, 1.54) is 3.93 Å². The molecule has 0 saturated carbocycles. The second-order valence-corrected chi connectivity index (χ2v) is 4.43. The molecule has 1 aliphatic heterocycles. The van der Waals surface area contributed by atoms with Gasteiger partial charge in [-0.1, -0.05) is 24.3 Å². The fourth-order valence-corrected chi connectivity index (χ4v) is 2.34. The maximum Gasteiger partial charge on any atom is 0.144 e. The summed E-state index contributed by atoms with van der Waals surface area (Å²) in [7, 11) is 0. The molecule has 4 heteroatoms. The summed E-state index contributed by atoms with van der Waals surface area (Å²) in [5.41, 5.74) is 1.61. The lowest BCUT2D eigenvalue weighted by molar-refractivity contribution is 1.03. The zero-order chi connectivity index (χ0) is 11.3. The summed E-state index contributed by atoms with van der Waals surface area (Å²) >= 11 is 3.21. The summed E-state index contributed by atoms with van der Waals surface area (Å²) < 4.78 is 1.41. The van der Waals surface area contributed by atoms with Gasteiger partial charge < -0.3 is 0 Å². The first kappa shape index (κ1) is 9.54. The quantitative estimate of drug-likeness (QED) is 0.712. The van der Waals surface area contributed by atoms with Gasteiger partial charge in [-0.15, -0.1) is 0 Å². The molecule has 0 spiro atoms. The second kappa shape index (κ2) is 3.15. The van der Waals surface area contributed by atoms with Gasteiger partial charge >= 0.3 is 0 Å². The molecule has 1 aliphatic rings. The molecule has 0 unspecified atom stereocenters. The predicted molar refractivity (Wildman–Crippen MR) is 68.4 cm³/mol. The Labute approximate surface area is 101 Å². The molecule has 16 heavy (non-hydrogen) atoms. The van der Waals surface area contributed by atoms with E-state index in [4.69, 9.17) is 10.8 Å². The SMILES string of the molecule is N=C1c2cc3ccccc3cc2C(=N)N1Br. The molecule has 78 valence electrons. The third-order valence-corrected chi connectivity index (χ3v) is 3.50. The molecule has 0 radical (unpaired) electrons. The average Bonchev–Trinajstić information content (AvgIpc) is 2.52. The van der Waals surface area contributed by atoms with Crippen molar-refractivity contribution < 1.29 is 0 Å². The maximum atomic E-state index is 7.88. The first-order valence-electron chi connectivity index (χ1n) is 4.85. The lowest BCUT2D eigenvalue weighted by Gasteiger charge is -2.04. The van der Waals surface area contributed by atoms with Crippen molar-refractivity contribution in [3.8, 4) is 0 Å². The van der Waals surface area contributed by atoms with Crippen LogP contribution in [-0.2, 0) is 0 Å². The van der Waals surface area contributed by atoms with Gasteiger partial charge in [-0.3, -0.25) is 10.8 Å². The van der Waals surface area contributed by atoms with Crippen molar-refractivity contribution in [3.05, 3.63) is 47.5 Å². The van der Waals surface area contributed by atoms with E-state index in [2.05, 4.69) is 16.1 Å². The van der Waals surface area contributed by atoms with Crippen LogP contribution in [0.1, 0.15) is 11.1 Å². The number of nitrogens with one attached hydrogen (secondary N) is 2. The summed E-state index contributed by atoms with van der Waals surface area (Å²) in [5.74, 6) is 0.650. The highest BCUT2D eigenvalue weighted by molar-refractivity contribution is 9.08. The van der Waals surface area contributed by atoms with Crippen molar-refractivity contribution >= 4 is 38.6 Å². The number of hydrogen-bond donors (Lipinski definition) is 2. The zero-order valence-electron chi connectivity index (χ0n) is 8.29. The van der Waals surface area contributed by atoms with Gasteiger partial charge in [-0.05, 0) is 22.9 Å². The van der Waals surface area contributed by atoms with Gasteiger partial charge in [-0.2, -0.15) is 0 Å². The second-order valence-electron chi connectivity index (χ2n) is 3.72. The molecule has 0 aliphatic carbocycles. The topological polar surface area (TPSA) is 50.9 Å². The van der Waals surface area contributed by atoms with Crippen molar-refractivity contribution in [3.63, 3.8) is 0 Å². The lowest BCUT2D eigenvalue weighted by Crippen LogP contribution is -2.17. The Morgan fingerprint density at radius 2 is 1.31 bits per heavy atom. The molecule has 0 aromatic heterocycles. The van der Waals surface area contributed by atoms with Gasteiger partial charge in [0.1, 0.15) is 11.7 Å². The summed E-state index contributed by atoms with van der Waals surface area (Å²) in [6.45, 7) is 0. The zero-order valence-corrected chi connectivity index (χ0v) is 9.88. The molecule has 2 aromatic rings. The van der Waals surface area contributed by atoms with E-state index in [1.54, 1.807) is 0 Å². The smallest absolute Gasteiger partial charge is 0.144 e. The Morgan fingerprint density at radius 3 is 1.75 bits per heavy atom. The maximum absolute atomic E-state index is 7.88. The summed E-state index contributed by atoms with van der Waals surface area (Å²) in [4.78, 5) is 0. The number of benzene rings is 2. The largest absolute Gasteiger partial charge is 0.283 e. The van der Waals surface area contributed by atoms with Crippen molar-refractivity contribution in [2.75, 3.05) is 0 Å². The number of hydrogen-bond acceptors (Lipinski definition) is 2. The fourth-order valence-electron chi connectivity index (χ4n) is 1.96. The van der Waals surface area contributed by atoms with Crippen molar-refractivity contribution in [1.29, 1.82) is 10.8 Å². The molecular weight excluding hydrogens is 266 g/mol. The minimum atomic E-state index is 0.325. The first-order valence-corrected chi connectivity index (χ1v) is 5.56. The van der Waals surface area contributed by atoms with Crippen LogP contribution in [0.4, 0.5) is 0 Å². The summed E-state index contributed by atoms with van der Waals surface area (Å²) in [5, 5.41) is 18.0.